The second-order valence-corrected chi connectivity index (χ2v) is 8.41. The summed E-state index contributed by atoms with van der Waals surface area (Å²) in [4.78, 5) is 13.5. The molecule has 0 aromatic carbocycles. The second-order valence-electron chi connectivity index (χ2n) is 8.41. The van der Waals surface area contributed by atoms with Crippen molar-refractivity contribution in [2.45, 2.75) is 59.9 Å². The topological polar surface area (TPSA) is 40.5 Å². The SMILES string of the molecule is CC(C(=O)O)C1CN(C2CC(C)(C)CC(C)(C)C2)C1. The Bertz CT molecular complexity index is 340. The molecule has 2 aliphatic rings. The standard InChI is InChI=1S/C16H29NO2/c1-11(14(18)19)12-8-17(9-12)13-6-15(2,3)10-16(4,5)7-13/h11-13H,6-10H2,1-5H3,(H,18,19). The van der Waals surface area contributed by atoms with Gasteiger partial charge >= 0.3 is 5.97 Å². The Morgan fingerprint density at radius 3 is 2.05 bits per heavy atom. The highest BCUT2D eigenvalue weighted by atomic mass is 16.4. The normalized spacial score (nSPS) is 29.7. The Labute approximate surface area is 117 Å². The Kier molecular flexibility index (Phi) is 3.72. The van der Waals surface area contributed by atoms with Gasteiger partial charge in [-0.3, -0.25) is 9.69 Å². The highest BCUT2D eigenvalue weighted by Gasteiger charge is 2.45. The van der Waals surface area contributed by atoms with Crippen LogP contribution in [0.3, 0.4) is 0 Å². The van der Waals surface area contributed by atoms with Crippen molar-refractivity contribution in [3.05, 3.63) is 0 Å². The zero-order chi connectivity index (χ0) is 14.4. The molecule has 0 radical (unpaired) electrons. The number of hydrogen-bond donors (Lipinski definition) is 1. The number of carboxylic acids is 1. The van der Waals surface area contributed by atoms with Crippen LogP contribution in [-0.4, -0.2) is 35.1 Å². The molecule has 1 aliphatic carbocycles. The molecule has 1 N–H and O–H groups in total. The largest absolute Gasteiger partial charge is 0.481 e. The molecular formula is C16H29NO2. The molecule has 19 heavy (non-hydrogen) atoms. The van der Waals surface area contributed by atoms with E-state index >= 15 is 0 Å². The van der Waals surface area contributed by atoms with Gasteiger partial charge in [-0.25, -0.2) is 0 Å². The lowest BCUT2D eigenvalue weighted by Gasteiger charge is -2.53. The molecule has 3 heteroatoms. The van der Waals surface area contributed by atoms with Crippen LogP contribution in [0.1, 0.15) is 53.9 Å². The third-order valence-corrected chi connectivity index (χ3v) is 5.08. The summed E-state index contributed by atoms with van der Waals surface area (Å²) in [6.45, 7) is 13.3. The van der Waals surface area contributed by atoms with E-state index < -0.39 is 5.97 Å². The molecule has 110 valence electrons. The van der Waals surface area contributed by atoms with Crippen molar-refractivity contribution >= 4 is 5.97 Å². The van der Waals surface area contributed by atoms with E-state index in [9.17, 15) is 4.79 Å². The highest BCUT2D eigenvalue weighted by Crippen LogP contribution is 2.48. The molecule has 1 unspecified atom stereocenters. The Morgan fingerprint density at radius 1 is 1.16 bits per heavy atom. The van der Waals surface area contributed by atoms with Crippen molar-refractivity contribution in [1.29, 1.82) is 0 Å². The Morgan fingerprint density at radius 2 is 1.63 bits per heavy atom. The summed E-state index contributed by atoms with van der Waals surface area (Å²) in [7, 11) is 0. The quantitative estimate of drug-likeness (QED) is 0.853. The van der Waals surface area contributed by atoms with Gasteiger partial charge in [-0.15, -0.1) is 0 Å². The summed E-state index contributed by atoms with van der Waals surface area (Å²) in [6, 6.07) is 0.649. The number of aliphatic carboxylic acids is 1. The first-order chi connectivity index (χ1) is 8.60. The average Bonchev–Trinajstić information content (AvgIpc) is 2.09. The molecular weight excluding hydrogens is 238 g/mol. The fourth-order valence-electron chi connectivity index (χ4n) is 4.41. The minimum absolute atomic E-state index is 0.194. The zero-order valence-corrected chi connectivity index (χ0v) is 13.1. The number of carbonyl (C=O) groups is 1. The Balaban J connectivity index is 1.92. The summed E-state index contributed by atoms with van der Waals surface area (Å²) in [5, 5.41) is 9.06. The minimum atomic E-state index is -0.644. The first-order valence-corrected chi connectivity index (χ1v) is 7.56. The van der Waals surface area contributed by atoms with E-state index in [0.717, 1.165) is 13.1 Å². The summed E-state index contributed by atoms with van der Waals surface area (Å²) < 4.78 is 0. The van der Waals surface area contributed by atoms with Crippen LogP contribution in [-0.2, 0) is 4.79 Å². The van der Waals surface area contributed by atoms with E-state index in [1.807, 2.05) is 6.92 Å². The van der Waals surface area contributed by atoms with Crippen molar-refractivity contribution in [2.75, 3.05) is 13.1 Å². The van der Waals surface area contributed by atoms with Crippen LogP contribution in [0.15, 0.2) is 0 Å². The summed E-state index contributed by atoms with van der Waals surface area (Å²) in [6.07, 6.45) is 3.80. The summed E-state index contributed by atoms with van der Waals surface area (Å²) in [5.74, 6) is -0.486. The molecule has 1 atom stereocenters. The number of carboxylic acid groups (broad SMARTS) is 1. The molecule has 0 bridgehead atoms. The molecule has 0 aromatic rings. The predicted molar refractivity (Wildman–Crippen MR) is 77.1 cm³/mol. The van der Waals surface area contributed by atoms with Crippen LogP contribution < -0.4 is 0 Å². The number of likely N-dealkylation sites (tertiary alicyclic amines) is 1. The van der Waals surface area contributed by atoms with Gasteiger partial charge in [0.05, 0.1) is 5.92 Å². The van der Waals surface area contributed by atoms with Gasteiger partial charge in [0.25, 0.3) is 0 Å². The number of rotatable bonds is 3. The average molecular weight is 267 g/mol. The third kappa shape index (κ3) is 3.31. The lowest BCUT2D eigenvalue weighted by molar-refractivity contribution is -0.146. The third-order valence-electron chi connectivity index (χ3n) is 5.08. The maximum absolute atomic E-state index is 11.0. The smallest absolute Gasteiger partial charge is 0.306 e. The maximum Gasteiger partial charge on any atom is 0.306 e. The highest BCUT2D eigenvalue weighted by molar-refractivity contribution is 5.70. The lowest BCUT2D eigenvalue weighted by atomic mass is 9.62. The van der Waals surface area contributed by atoms with Crippen LogP contribution in [0.5, 0.6) is 0 Å². The first-order valence-electron chi connectivity index (χ1n) is 7.56. The zero-order valence-electron chi connectivity index (χ0n) is 13.1. The van der Waals surface area contributed by atoms with E-state index in [1.165, 1.54) is 19.3 Å². The van der Waals surface area contributed by atoms with Crippen molar-refractivity contribution in [2.24, 2.45) is 22.7 Å². The molecule has 2 fully saturated rings. The lowest BCUT2D eigenvalue weighted by Crippen LogP contribution is -2.58. The van der Waals surface area contributed by atoms with Crippen LogP contribution in [0, 0.1) is 22.7 Å². The second kappa shape index (κ2) is 4.76. The van der Waals surface area contributed by atoms with Crippen LogP contribution in [0.2, 0.25) is 0 Å². The first kappa shape index (κ1) is 14.8. The monoisotopic (exact) mass is 267 g/mol. The van der Waals surface area contributed by atoms with E-state index in [0.29, 0.717) is 22.8 Å². The van der Waals surface area contributed by atoms with Gasteiger partial charge in [0, 0.05) is 19.1 Å². The van der Waals surface area contributed by atoms with Crippen molar-refractivity contribution in [3.8, 4) is 0 Å². The molecule has 1 aliphatic heterocycles. The predicted octanol–water partition coefficient (Wildman–Crippen LogP) is 3.24. The molecule has 1 heterocycles. The van der Waals surface area contributed by atoms with Gasteiger partial charge < -0.3 is 5.11 Å². The fourth-order valence-corrected chi connectivity index (χ4v) is 4.41. The van der Waals surface area contributed by atoms with Gasteiger partial charge in [0.2, 0.25) is 0 Å². The van der Waals surface area contributed by atoms with Gasteiger partial charge in [0.1, 0.15) is 0 Å². The van der Waals surface area contributed by atoms with Gasteiger partial charge in [-0.2, -0.15) is 0 Å². The molecule has 0 amide bonds. The van der Waals surface area contributed by atoms with Crippen LogP contribution in [0.4, 0.5) is 0 Å². The number of hydrogen-bond acceptors (Lipinski definition) is 2. The molecule has 3 nitrogen and oxygen atoms in total. The maximum atomic E-state index is 11.0. The summed E-state index contributed by atoms with van der Waals surface area (Å²) >= 11 is 0. The molecule has 1 saturated heterocycles. The Hall–Kier alpha value is -0.570. The van der Waals surface area contributed by atoms with E-state index in [4.69, 9.17) is 5.11 Å². The van der Waals surface area contributed by atoms with Gasteiger partial charge in [0.15, 0.2) is 0 Å². The molecule has 2 rings (SSSR count). The van der Waals surface area contributed by atoms with E-state index in [1.54, 1.807) is 0 Å². The van der Waals surface area contributed by atoms with Crippen molar-refractivity contribution in [3.63, 3.8) is 0 Å². The van der Waals surface area contributed by atoms with Gasteiger partial charge in [-0.05, 0) is 36.0 Å². The van der Waals surface area contributed by atoms with E-state index in [2.05, 4.69) is 32.6 Å². The fraction of sp³-hybridized carbons (Fsp3) is 0.938. The van der Waals surface area contributed by atoms with Gasteiger partial charge in [-0.1, -0.05) is 34.6 Å². The summed E-state index contributed by atoms with van der Waals surface area (Å²) in [5.41, 5.74) is 0.825. The molecule has 0 aromatic heterocycles. The molecule has 0 spiro atoms. The van der Waals surface area contributed by atoms with Crippen molar-refractivity contribution < 1.29 is 9.90 Å². The van der Waals surface area contributed by atoms with Crippen molar-refractivity contribution in [1.82, 2.24) is 4.90 Å². The van der Waals surface area contributed by atoms with Crippen LogP contribution in [0.25, 0.3) is 0 Å². The minimum Gasteiger partial charge on any atom is -0.481 e. The number of nitrogens with zero attached hydrogens (tertiary/aromatic N) is 1. The van der Waals surface area contributed by atoms with Crippen LogP contribution >= 0.6 is 0 Å². The van der Waals surface area contributed by atoms with E-state index in [-0.39, 0.29) is 5.92 Å². The molecule has 1 saturated carbocycles.